The van der Waals surface area contributed by atoms with E-state index in [9.17, 15) is 0 Å². The zero-order valence-corrected chi connectivity index (χ0v) is 19.5. The van der Waals surface area contributed by atoms with Gasteiger partial charge in [-0.15, -0.1) is 23.6 Å². The fraction of sp³-hybridized carbons (Fsp3) is 0. The molecule has 1 N–H and O–H groups in total. The van der Waals surface area contributed by atoms with Crippen molar-refractivity contribution in [3.8, 4) is 22.1 Å². The number of imidazole rings is 1. The molecule has 31 heavy (non-hydrogen) atoms. The zero-order chi connectivity index (χ0) is 20.2. The van der Waals surface area contributed by atoms with Crippen LogP contribution in [0.2, 0.25) is 0 Å². The topological polar surface area (TPSA) is 54.5 Å². The molecule has 0 fully saturated rings. The number of thiophene rings is 1. The van der Waals surface area contributed by atoms with Crippen LogP contribution in [0.3, 0.4) is 0 Å². The van der Waals surface area contributed by atoms with Gasteiger partial charge in [0.1, 0.15) is 5.69 Å². The standard InChI is InChI=1S/C13H8NS.C12H9N3.Ir/c1-2-7-12-10(5-1)9-13(15-12)11-6-3-4-8-14-11;1-2-6-10-9(5-1)14-12(15-10)11-7-3-4-8-13-11;/h1-8H;1-8H,(H,14,15);/q-1;;. The summed E-state index contributed by atoms with van der Waals surface area (Å²) >= 11 is 1.73. The summed E-state index contributed by atoms with van der Waals surface area (Å²) in [5.41, 5.74) is 3.88. The van der Waals surface area contributed by atoms with Crippen LogP contribution in [-0.4, -0.2) is 19.9 Å². The molecule has 0 unspecified atom stereocenters. The van der Waals surface area contributed by atoms with Crippen molar-refractivity contribution < 1.29 is 20.1 Å². The third-order valence-electron chi connectivity index (χ3n) is 4.54. The molecule has 0 spiro atoms. The van der Waals surface area contributed by atoms with Crippen molar-refractivity contribution in [3.63, 3.8) is 0 Å². The second-order valence-electron chi connectivity index (χ2n) is 6.58. The van der Waals surface area contributed by atoms with Gasteiger partial charge in [-0.3, -0.25) is 4.98 Å². The molecule has 0 saturated carbocycles. The van der Waals surface area contributed by atoms with Gasteiger partial charge in [0.05, 0.1) is 11.0 Å². The minimum absolute atomic E-state index is 0. The molecule has 153 valence electrons. The van der Waals surface area contributed by atoms with Crippen LogP contribution in [0.15, 0.2) is 97.3 Å². The molecule has 0 amide bonds. The summed E-state index contributed by atoms with van der Waals surface area (Å²) in [6.45, 7) is 0. The fourth-order valence-corrected chi connectivity index (χ4v) is 4.09. The minimum Gasteiger partial charge on any atom is -0.337 e. The second kappa shape index (κ2) is 9.75. The van der Waals surface area contributed by atoms with Crippen LogP contribution in [0, 0.1) is 6.07 Å². The number of nitrogens with one attached hydrogen (secondary N) is 1. The van der Waals surface area contributed by atoms with E-state index in [-0.39, 0.29) is 20.1 Å². The summed E-state index contributed by atoms with van der Waals surface area (Å²) in [6, 6.07) is 31.3. The smallest absolute Gasteiger partial charge is 0.157 e. The Hall–Kier alpha value is -3.18. The molecule has 1 radical (unpaired) electrons. The number of fused-ring (bicyclic) bond motifs is 2. The Morgan fingerprint density at radius 2 is 1.39 bits per heavy atom. The van der Waals surface area contributed by atoms with E-state index in [1.807, 2.05) is 72.9 Å². The van der Waals surface area contributed by atoms with Crippen molar-refractivity contribution in [1.29, 1.82) is 0 Å². The first kappa shape index (κ1) is 21.1. The monoisotopic (exact) mass is 598 g/mol. The van der Waals surface area contributed by atoms with E-state index in [1.165, 1.54) is 10.1 Å². The van der Waals surface area contributed by atoms with Gasteiger partial charge in [0.2, 0.25) is 0 Å². The van der Waals surface area contributed by atoms with Gasteiger partial charge in [0, 0.05) is 38.2 Å². The molecule has 6 aromatic rings. The van der Waals surface area contributed by atoms with Crippen molar-refractivity contribution in [2.24, 2.45) is 0 Å². The van der Waals surface area contributed by atoms with Crippen LogP contribution in [0.1, 0.15) is 0 Å². The first-order valence-electron chi connectivity index (χ1n) is 9.55. The molecule has 6 rings (SSSR count). The Kier molecular flexibility index (Phi) is 6.63. The van der Waals surface area contributed by atoms with Gasteiger partial charge >= 0.3 is 0 Å². The van der Waals surface area contributed by atoms with Crippen molar-refractivity contribution in [2.75, 3.05) is 0 Å². The number of rotatable bonds is 2. The zero-order valence-electron chi connectivity index (χ0n) is 16.3. The van der Waals surface area contributed by atoms with Gasteiger partial charge in [0.15, 0.2) is 5.82 Å². The maximum absolute atomic E-state index is 4.46. The van der Waals surface area contributed by atoms with Crippen molar-refractivity contribution in [1.82, 2.24) is 19.9 Å². The SMILES string of the molecule is [Ir].[c-]1c(-c2ccccn2)sc2ccccc12.c1ccc(-c2nc3ccccc3[nH]2)nc1. The van der Waals surface area contributed by atoms with Crippen LogP contribution in [0.4, 0.5) is 0 Å². The molecule has 0 aliphatic heterocycles. The van der Waals surface area contributed by atoms with E-state index < -0.39 is 0 Å². The van der Waals surface area contributed by atoms with Crippen LogP contribution in [-0.2, 0) is 20.1 Å². The Morgan fingerprint density at radius 1 is 0.710 bits per heavy atom. The summed E-state index contributed by atoms with van der Waals surface area (Å²) in [5, 5.41) is 1.17. The summed E-state index contributed by atoms with van der Waals surface area (Å²) < 4.78 is 1.26. The second-order valence-corrected chi connectivity index (χ2v) is 7.64. The Morgan fingerprint density at radius 3 is 2.10 bits per heavy atom. The van der Waals surface area contributed by atoms with Gasteiger partial charge in [-0.1, -0.05) is 42.5 Å². The van der Waals surface area contributed by atoms with E-state index >= 15 is 0 Å². The minimum atomic E-state index is 0. The Balaban J connectivity index is 0.000000144. The third kappa shape index (κ3) is 4.78. The van der Waals surface area contributed by atoms with E-state index in [4.69, 9.17) is 0 Å². The van der Waals surface area contributed by atoms with Crippen molar-refractivity contribution >= 4 is 32.5 Å². The fourth-order valence-electron chi connectivity index (χ4n) is 3.11. The van der Waals surface area contributed by atoms with Crippen LogP contribution >= 0.6 is 11.3 Å². The number of benzene rings is 2. The Bertz CT molecular complexity index is 1220. The molecular weight excluding hydrogens is 581 g/mol. The predicted molar refractivity (Wildman–Crippen MR) is 123 cm³/mol. The first-order valence-corrected chi connectivity index (χ1v) is 10.4. The number of hydrogen-bond acceptors (Lipinski definition) is 4. The number of nitrogens with zero attached hydrogens (tertiary/aromatic N) is 3. The van der Waals surface area contributed by atoms with Gasteiger partial charge in [-0.05, 0) is 39.9 Å². The third-order valence-corrected chi connectivity index (χ3v) is 5.63. The van der Waals surface area contributed by atoms with E-state index in [0.717, 1.165) is 33.1 Å². The molecule has 0 aliphatic rings. The van der Waals surface area contributed by atoms with Gasteiger partial charge < -0.3 is 9.97 Å². The molecule has 0 saturated heterocycles. The largest absolute Gasteiger partial charge is 0.337 e. The number of aromatic nitrogens is 4. The number of pyridine rings is 2. The molecule has 4 nitrogen and oxygen atoms in total. The summed E-state index contributed by atoms with van der Waals surface area (Å²) in [5.74, 6) is 0.816. The summed E-state index contributed by atoms with van der Waals surface area (Å²) in [4.78, 5) is 17.4. The molecular formula is C25H17IrN4S-. The van der Waals surface area contributed by atoms with Gasteiger partial charge in [0.25, 0.3) is 0 Å². The maximum atomic E-state index is 4.46. The first-order chi connectivity index (χ1) is 14.9. The Labute approximate surface area is 197 Å². The van der Waals surface area contributed by atoms with Crippen LogP contribution in [0.5, 0.6) is 0 Å². The van der Waals surface area contributed by atoms with Crippen LogP contribution in [0.25, 0.3) is 43.2 Å². The molecule has 4 heterocycles. The number of para-hydroxylation sites is 2. The maximum Gasteiger partial charge on any atom is 0.157 e. The van der Waals surface area contributed by atoms with Gasteiger partial charge in [-0.25, -0.2) is 16.3 Å². The normalized spacial score (nSPS) is 10.3. The predicted octanol–water partition coefficient (Wildman–Crippen LogP) is 6.39. The summed E-state index contributed by atoms with van der Waals surface area (Å²) in [6.07, 6.45) is 3.58. The van der Waals surface area contributed by atoms with Crippen molar-refractivity contribution in [3.05, 3.63) is 103 Å². The van der Waals surface area contributed by atoms with E-state index in [2.05, 4.69) is 44.2 Å². The number of hydrogen-bond donors (Lipinski definition) is 1. The van der Waals surface area contributed by atoms with E-state index in [1.54, 1.807) is 17.5 Å². The molecule has 0 bridgehead atoms. The number of aromatic amines is 1. The average Bonchev–Trinajstić information content (AvgIpc) is 3.45. The molecule has 0 aliphatic carbocycles. The van der Waals surface area contributed by atoms with Crippen LogP contribution < -0.4 is 0 Å². The van der Waals surface area contributed by atoms with Gasteiger partial charge in [-0.2, -0.15) is 0 Å². The molecule has 2 aromatic carbocycles. The number of H-pyrrole nitrogens is 1. The molecule has 6 heteroatoms. The summed E-state index contributed by atoms with van der Waals surface area (Å²) in [7, 11) is 0. The van der Waals surface area contributed by atoms with E-state index in [0.29, 0.717) is 0 Å². The average molecular weight is 598 g/mol. The molecule has 4 aromatic heterocycles. The van der Waals surface area contributed by atoms with Crippen molar-refractivity contribution in [2.45, 2.75) is 0 Å². The molecule has 0 atom stereocenters. The quantitative estimate of drug-likeness (QED) is 0.236.